The van der Waals surface area contributed by atoms with E-state index in [1.807, 2.05) is 54.1 Å². The fourth-order valence-electron chi connectivity index (χ4n) is 3.07. The van der Waals surface area contributed by atoms with E-state index in [2.05, 4.69) is 10.3 Å². The molecule has 0 spiro atoms. The Kier molecular flexibility index (Phi) is 4.47. The Morgan fingerprint density at radius 3 is 2.81 bits per heavy atom. The normalized spacial score (nSPS) is 13.6. The maximum atomic E-state index is 12.9. The number of amides is 1. The lowest BCUT2D eigenvalue weighted by molar-refractivity contribution is 0.0949. The third kappa shape index (κ3) is 3.35. The van der Waals surface area contributed by atoms with Crippen molar-refractivity contribution in [2.24, 2.45) is 0 Å². The highest BCUT2D eigenvalue weighted by molar-refractivity contribution is 6.30. The van der Waals surface area contributed by atoms with Gasteiger partial charge in [-0.3, -0.25) is 9.78 Å². The summed E-state index contributed by atoms with van der Waals surface area (Å²) in [7, 11) is 0. The molecule has 132 valence electrons. The molecule has 3 aromatic rings. The number of nitrogens with one attached hydrogen (secondary N) is 1. The summed E-state index contributed by atoms with van der Waals surface area (Å²) in [6.45, 7) is 2.32. The zero-order valence-corrected chi connectivity index (χ0v) is 15.2. The van der Waals surface area contributed by atoms with Gasteiger partial charge >= 0.3 is 0 Å². The van der Waals surface area contributed by atoms with Crippen molar-refractivity contribution in [2.45, 2.75) is 32.2 Å². The van der Waals surface area contributed by atoms with Gasteiger partial charge in [0.15, 0.2) is 0 Å². The van der Waals surface area contributed by atoms with Crippen LogP contribution in [0.25, 0.3) is 5.69 Å². The van der Waals surface area contributed by atoms with E-state index in [4.69, 9.17) is 16.7 Å². The highest BCUT2D eigenvalue weighted by atomic mass is 35.5. The van der Waals surface area contributed by atoms with E-state index in [1.165, 1.54) is 0 Å². The van der Waals surface area contributed by atoms with Crippen LogP contribution in [-0.4, -0.2) is 20.7 Å². The molecule has 1 N–H and O–H groups in total. The minimum Gasteiger partial charge on any atom is -0.346 e. The van der Waals surface area contributed by atoms with Crippen molar-refractivity contribution >= 4 is 17.5 Å². The van der Waals surface area contributed by atoms with Crippen molar-refractivity contribution in [3.63, 3.8) is 0 Å². The van der Waals surface area contributed by atoms with Crippen LogP contribution in [0.1, 0.15) is 46.2 Å². The Balaban J connectivity index is 1.65. The summed E-state index contributed by atoms with van der Waals surface area (Å²) in [5.74, 6) is 0.257. The van der Waals surface area contributed by atoms with Gasteiger partial charge in [-0.1, -0.05) is 23.7 Å². The molecule has 1 aromatic carbocycles. The number of carbonyl (C=O) groups excluding carboxylic acids is 1. The van der Waals surface area contributed by atoms with Crippen LogP contribution in [0.3, 0.4) is 0 Å². The smallest absolute Gasteiger partial charge is 0.255 e. The Morgan fingerprint density at radius 1 is 1.27 bits per heavy atom. The molecule has 1 aliphatic rings. The Bertz CT molecular complexity index is 948. The van der Waals surface area contributed by atoms with Gasteiger partial charge in [-0.15, -0.1) is 0 Å². The Morgan fingerprint density at radius 2 is 2.12 bits per heavy atom. The number of aromatic nitrogens is 3. The molecular formula is C20H19ClN4O. The molecular weight excluding hydrogens is 348 g/mol. The SMILES string of the molecule is Cc1c(C(=O)NCc2ccccn2)c(C2CC2)nn1-c1cccc(Cl)c1. The lowest BCUT2D eigenvalue weighted by atomic mass is 10.1. The molecule has 5 nitrogen and oxygen atoms in total. The van der Waals surface area contributed by atoms with Gasteiger partial charge in [0.1, 0.15) is 0 Å². The first-order chi connectivity index (χ1) is 12.6. The number of halogens is 1. The summed E-state index contributed by atoms with van der Waals surface area (Å²) in [6, 6.07) is 13.2. The molecule has 0 bridgehead atoms. The van der Waals surface area contributed by atoms with Gasteiger partial charge in [-0.25, -0.2) is 4.68 Å². The van der Waals surface area contributed by atoms with Crippen molar-refractivity contribution in [1.29, 1.82) is 0 Å². The van der Waals surface area contributed by atoms with Gasteiger partial charge in [0.25, 0.3) is 5.91 Å². The van der Waals surface area contributed by atoms with Crippen LogP contribution in [0, 0.1) is 6.92 Å². The monoisotopic (exact) mass is 366 g/mol. The quantitative estimate of drug-likeness (QED) is 0.741. The number of pyridine rings is 1. The number of rotatable bonds is 5. The lowest BCUT2D eigenvalue weighted by Gasteiger charge is -2.07. The molecule has 1 saturated carbocycles. The third-order valence-corrected chi connectivity index (χ3v) is 4.78. The van der Waals surface area contributed by atoms with Gasteiger partial charge in [0, 0.05) is 17.1 Å². The Hall–Kier alpha value is -2.66. The van der Waals surface area contributed by atoms with Crippen LogP contribution < -0.4 is 5.32 Å². The first kappa shape index (κ1) is 16.8. The van der Waals surface area contributed by atoms with E-state index in [1.54, 1.807) is 6.20 Å². The van der Waals surface area contributed by atoms with Crippen LogP contribution in [0.4, 0.5) is 0 Å². The minimum absolute atomic E-state index is 0.108. The summed E-state index contributed by atoms with van der Waals surface area (Å²) in [5, 5.41) is 8.36. The van der Waals surface area contributed by atoms with Crippen molar-refractivity contribution in [3.8, 4) is 5.69 Å². The van der Waals surface area contributed by atoms with Crippen LogP contribution in [0.15, 0.2) is 48.7 Å². The van der Waals surface area contributed by atoms with Crippen LogP contribution >= 0.6 is 11.6 Å². The van der Waals surface area contributed by atoms with Crippen molar-refractivity contribution < 1.29 is 4.79 Å². The summed E-state index contributed by atoms with van der Waals surface area (Å²) in [4.78, 5) is 17.1. The van der Waals surface area contributed by atoms with Crippen LogP contribution in [0.2, 0.25) is 5.02 Å². The van der Waals surface area contributed by atoms with Gasteiger partial charge in [-0.05, 0) is 50.1 Å². The molecule has 1 amide bonds. The molecule has 4 rings (SSSR count). The predicted molar refractivity (Wildman–Crippen MR) is 101 cm³/mol. The predicted octanol–water partition coefficient (Wildman–Crippen LogP) is 4.04. The van der Waals surface area contributed by atoms with Crippen molar-refractivity contribution in [2.75, 3.05) is 0 Å². The highest BCUT2D eigenvalue weighted by Gasteiger charge is 2.33. The molecule has 0 atom stereocenters. The van der Waals surface area contributed by atoms with E-state index in [0.717, 1.165) is 35.6 Å². The fourth-order valence-corrected chi connectivity index (χ4v) is 3.25. The first-order valence-electron chi connectivity index (χ1n) is 8.67. The lowest BCUT2D eigenvalue weighted by Crippen LogP contribution is -2.24. The molecule has 2 heterocycles. The molecule has 0 radical (unpaired) electrons. The second-order valence-electron chi connectivity index (χ2n) is 6.52. The number of hydrogen-bond acceptors (Lipinski definition) is 3. The largest absolute Gasteiger partial charge is 0.346 e. The first-order valence-corrected chi connectivity index (χ1v) is 9.05. The molecule has 0 aliphatic heterocycles. The van der Waals surface area contributed by atoms with E-state index in [9.17, 15) is 4.79 Å². The zero-order valence-electron chi connectivity index (χ0n) is 14.4. The summed E-state index contributed by atoms with van der Waals surface area (Å²) in [6.07, 6.45) is 3.87. The molecule has 26 heavy (non-hydrogen) atoms. The topological polar surface area (TPSA) is 59.8 Å². The second kappa shape index (κ2) is 6.92. The number of nitrogens with zero attached hydrogens (tertiary/aromatic N) is 3. The molecule has 1 fully saturated rings. The van der Waals surface area contributed by atoms with Crippen molar-refractivity contribution in [3.05, 3.63) is 76.3 Å². The maximum absolute atomic E-state index is 12.9. The van der Waals surface area contributed by atoms with E-state index in [-0.39, 0.29) is 5.91 Å². The summed E-state index contributed by atoms with van der Waals surface area (Å²) >= 11 is 6.12. The average molecular weight is 367 g/mol. The molecule has 6 heteroatoms. The highest BCUT2D eigenvalue weighted by Crippen LogP contribution is 2.42. The van der Waals surface area contributed by atoms with E-state index >= 15 is 0 Å². The second-order valence-corrected chi connectivity index (χ2v) is 6.95. The fraction of sp³-hybridized carbons (Fsp3) is 0.250. The molecule has 0 saturated heterocycles. The molecule has 1 aliphatic carbocycles. The average Bonchev–Trinajstić information content (AvgIpc) is 3.43. The Labute approximate surface area is 157 Å². The summed E-state index contributed by atoms with van der Waals surface area (Å²) in [5.41, 5.74) is 4.06. The number of hydrogen-bond donors (Lipinski definition) is 1. The molecule has 2 aromatic heterocycles. The van der Waals surface area contributed by atoms with E-state index in [0.29, 0.717) is 23.0 Å². The maximum Gasteiger partial charge on any atom is 0.255 e. The van der Waals surface area contributed by atoms with Gasteiger partial charge in [-0.2, -0.15) is 5.10 Å². The zero-order chi connectivity index (χ0) is 18.1. The number of benzene rings is 1. The van der Waals surface area contributed by atoms with E-state index < -0.39 is 0 Å². The standard InChI is InChI=1S/C20H19ClN4O/c1-13-18(20(26)23-12-16-6-2-3-10-22-16)19(14-8-9-14)24-25(13)17-7-4-5-15(21)11-17/h2-7,10-11,14H,8-9,12H2,1H3,(H,23,26). The van der Waals surface area contributed by atoms with Crippen LogP contribution in [-0.2, 0) is 6.54 Å². The number of carbonyl (C=O) groups is 1. The van der Waals surface area contributed by atoms with Gasteiger partial charge in [0.2, 0.25) is 0 Å². The third-order valence-electron chi connectivity index (χ3n) is 4.54. The van der Waals surface area contributed by atoms with Gasteiger partial charge < -0.3 is 5.32 Å². The molecule has 0 unspecified atom stereocenters. The van der Waals surface area contributed by atoms with Crippen molar-refractivity contribution in [1.82, 2.24) is 20.1 Å². The van der Waals surface area contributed by atoms with Crippen LogP contribution in [0.5, 0.6) is 0 Å². The summed E-state index contributed by atoms with van der Waals surface area (Å²) < 4.78 is 1.81. The van der Waals surface area contributed by atoms with Gasteiger partial charge in [0.05, 0.1) is 34.9 Å². The minimum atomic E-state index is -0.108.